The monoisotopic (exact) mass is 490 g/mol. The van der Waals surface area contributed by atoms with E-state index in [0.717, 1.165) is 0 Å². The maximum Gasteiger partial charge on any atom is 0.244 e. The summed E-state index contributed by atoms with van der Waals surface area (Å²) in [6.07, 6.45) is 0. The van der Waals surface area contributed by atoms with Gasteiger partial charge in [0.1, 0.15) is 23.0 Å². The number of hydrogen-bond acceptors (Lipinski definition) is 7. The fourth-order valence-electron chi connectivity index (χ4n) is 2.93. The van der Waals surface area contributed by atoms with Crippen molar-refractivity contribution < 1.29 is 31.0 Å². The van der Waals surface area contributed by atoms with Gasteiger partial charge in [0, 0.05) is 24.7 Å². The van der Waals surface area contributed by atoms with E-state index >= 15 is 0 Å². The summed E-state index contributed by atoms with van der Waals surface area (Å²) < 4.78 is 69.8. The Kier molecular flexibility index (Phi) is 7.78. The third-order valence-electron chi connectivity index (χ3n) is 4.51. The number of benzene rings is 2. The van der Waals surface area contributed by atoms with Crippen LogP contribution in [0.5, 0.6) is 11.5 Å². The van der Waals surface area contributed by atoms with E-state index in [0.29, 0.717) is 32.1 Å². The van der Waals surface area contributed by atoms with E-state index in [1.165, 1.54) is 53.9 Å². The zero-order chi connectivity index (χ0) is 22.5. The van der Waals surface area contributed by atoms with E-state index in [2.05, 4.69) is 4.72 Å². The molecule has 0 unspecified atom stereocenters. The molecule has 0 saturated carbocycles. The molecule has 9 nitrogen and oxygen atoms in total. The van der Waals surface area contributed by atoms with Crippen molar-refractivity contribution in [3.63, 3.8) is 0 Å². The van der Waals surface area contributed by atoms with Crippen LogP contribution in [-0.2, 0) is 24.8 Å². The van der Waals surface area contributed by atoms with Gasteiger partial charge in [-0.05, 0) is 42.5 Å². The zero-order valence-corrected chi connectivity index (χ0v) is 19.2. The average molecular weight is 491 g/mol. The third kappa shape index (κ3) is 5.88. The second kappa shape index (κ2) is 10.2. The normalized spacial score (nSPS) is 15.5. The second-order valence-electron chi connectivity index (χ2n) is 6.53. The summed E-state index contributed by atoms with van der Waals surface area (Å²) in [7, 11) is -6.06. The van der Waals surface area contributed by atoms with Crippen molar-refractivity contribution in [1.29, 1.82) is 0 Å². The molecule has 0 radical (unpaired) electrons. The molecule has 1 N–H and O–H groups in total. The van der Waals surface area contributed by atoms with Gasteiger partial charge in [0.25, 0.3) is 0 Å². The Hall–Kier alpha value is -1.89. The van der Waals surface area contributed by atoms with Crippen LogP contribution in [0.15, 0.2) is 52.3 Å². The lowest BCUT2D eigenvalue weighted by Crippen LogP contribution is -2.40. The van der Waals surface area contributed by atoms with Crippen LogP contribution in [0.1, 0.15) is 0 Å². The third-order valence-corrected chi connectivity index (χ3v) is 8.14. The van der Waals surface area contributed by atoms with Gasteiger partial charge >= 0.3 is 0 Å². The number of hydrogen-bond donors (Lipinski definition) is 1. The number of halogens is 1. The van der Waals surface area contributed by atoms with E-state index in [1.807, 2.05) is 0 Å². The highest BCUT2D eigenvalue weighted by Gasteiger charge is 2.26. The van der Waals surface area contributed by atoms with Gasteiger partial charge in [0.05, 0.1) is 25.2 Å². The smallest absolute Gasteiger partial charge is 0.244 e. The van der Waals surface area contributed by atoms with Gasteiger partial charge in [0.15, 0.2) is 0 Å². The first-order valence-electron chi connectivity index (χ1n) is 9.38. The van der Waals surface area contributed by atoms with Crippen LogP contribution in [-0.4, -0.2) is 67.7 Å². The largest absolute Gasteiger partial charge is 0.495 e. The molecular formula is C19H23ClN2O7S2. The van der Waals surface area contributed by atoms with Crippen molar-refractivity contribution >= 4 is 31.6 Å². The Labute approximate surface area is 187 Å². The predicted octanol–water partition coefficient (Wildman–Crippen LogP) is 1.73. The van der Waals surface area contributed by atoms with Crippen LogP contribution in [0.3, 0.4) is 0 Å². The molecule has 0 amide bonds. The SMILES string of the molecule is COc1ccc(Cl)cc1S(=O)(=O)NCCOc1ccc(S(=O)(=O)N2CCOCC2)cc1. The maximum atomic E-state index is 12.6. The molecule has 2 aromatic carbocycles. The molecule has 0 bridgehead atoms. The molecule has 0 aliphatic carbocycles. The topological polar surface area (TPSA) is 111 Å². The maximum absolute atomic E-state index is 12.6. The Bertz CT molecular complexity index is 1100. The number of sulfonamides is 2. The molecule has 3 rings (SSSR count). The fraction of sp³-hybridized carbons (Fsp3) is 0.368. The van der Waals surface area contributed by atoms with Crippen molar-refractivity contribution in [3.8, 4) is 11.5 Å². The number of ether oxygens (including phenoxy) is 3. The Morgan fingerprint density at radius 2 is 1.74 bits per heavy atom. The quantitative estimate of drug-likeness (QED) is 0.533. The van der Waals surface area contributed by atoms with Crippen LogP contribution < -0.4 is 14.2 Å². The van der Waals surface area contributed by atoms with Gasteiger partial charge in [-0.3, -0.25) is 0 Å². The summed E-state index contributed by atoms with van der Waals surface area (Å²) in [5.74, 6) is 0.593. The van der Waals surface area contributed by atoms with Gasteiger partial charge in [-0.25, -0.2) is 21.6 Å². The highest BCUT2D eigenvalue weighted by atomic mass is 35.5. The van der Waals surface area contributed by atoms with Crippen LogP contribution in [0.2, 0.25) is 5.02 Å². The number of nitrogens with one attached hydrogen (secondary N) is 1. The minimum Gasteiger partial charge on any atom is -0.495 e. The summed E-state index contributed by atoms with van der Waals surface area (Å²) in [4.78, 5) is 0.0932. The molecule has 1 saturated heterocycles. The van der Waals surface area contributed by atoms with Crippen molar-refractivity contribution in [2.24, 2.45) is 0 Å². The van der Waals surface area contributed by atoms with E-state index in [-0.39, 0.29) is 33.7 Å². The van der Waals surface area contributed by atoms with Gasteiger partial charge in [-0.15, -0.1) is 0 Å². The first kappa shape index (κ1) is 23.8. The summed E-state index contributed by atoms with van der Waals surface area (Å²) in [5, 5.41) is 0.268. The second-order valence-corrected chi connectivity index (χ2v) is 10.6. The minimum atomic E-state index is -3.85. The molecule has 12 heteroatoms. The summed E-state index contributed by atoms with van der Waals surface area (Å²) in [5.41, 5.74) is 0. The van der Waals surface area contributed by atoms with E-state index in [1.54, 1.807) is 0 Å². The Balaban J connectivity index is 1.56. The average Bonchev–Trinajstić information content (AvgIpc) is 2.77. The van der Waals surface area contributed by atoms with E-state index < -0.39 is 20.0 Å². The molecule has 0 aromatic heterocycles. The minimum absolute atomic E-state index is 0.00811. The molecule has 170 valence electrons. The molecule has 31 heavy (non-hydrogen) atoms. The molecule has 1 fully saturated rings. The summed E-state index contributed by atoms with van der Waals surface area (Å²) >= 11 is 5.89. The fourth-order valence-corrected chi connectivity index (χ4v) is 5.78. The molecule has 1 aliphatic rings. The Morgan fingerprint density at radius 1 is 1.06 bits per heavy atom. The van der Waals surface area contributed by atoms with Crippen molar-refractivity contribution in [1.82, 2.24) is 9.03 Å². The number of morpholine rings is 1. The number of methoxy groups -OCH3 is 1. The van der Waals surface area contributed by atoms with Gasteiger partial charge in [0.2, 0.25) is 20.0 Å². The van der Waals surface area contributed by atoms with E-state index in [9.17, 15) is 16.8 Å². The van der Waals surface area contributed by atoms with Crippen LogP contribution in [0.4, 0.5) is 0 Å². The van der Waals surface area contributed by atoms with Crippen LogP contribution in [0, 0.1) is 0 Å². The zero-order valence-electron chi connectivity index (χ0n) is 16.8. The first-order valence-corrected chi connectivity index (χ1v) is 12.7. The molecule has 1 aliphatic heterocycles. The molecular weight excluding hydrogens is 468 g/mol. The molecule has 0 atom stereocenters. The number of rotatable bonds is 9. The standard InChI is InChI=1S/C19H23ClN2O7S2/c1-27-18-7-2-15(20)14-19(18)30(23,24)21-8-11-29-16-3-5-17(6-4-16)31(25,26)22-9-12-28-13-10-22/h2-7,14,21H,8-13H2,1H3. The molecule has 1 heterocycles. The van der Waals surface area contributed by atoms with Crippen molar-refractivity contribution in [2.45, 2.75) is 9.79 Å². The van der Waals surface area contributed by atoms with Gasteiger partial charge in [-0.1, -0.05) is 11.6 Å². The predicted molar refractivity (Wildman–Crippen MR) is 115 cm³/mol. The molecule has 2 aromatic rings. The Morgan fingerprint density at radius 3 is 2.39 bits per heavy atom. The highest BCUT2D eigenvalue weighted by molar-refractivity contribution is 7.89. The van der Waals surface area contributed by atoms with Crippen molar-refractivity contribution in [3.05, 3.63) is 47.5 Å². The van der Waals surface area contributed by atoms with Crippen molar-refractivity contribution in [2.75, 3.05) is 46.6 Å². The summed E-state index contributed by atoms with van der Waals surface area (Å²) in [6, 6.07) is 10.3. The van der Waals surface area contributed by atoms with Crippen LogP contribution >= 0.6 is 11.6 Å². The molecule has 0 spiro atoms. The lowest BCUT2D eigenvalue weighted by atomic mass is 10.3. The first-order chi connectivity index (χ1) is 14.7. The number of nitrogens with zero attached hydrogens (tertiary/aromatic N) is 1. The lowest BCUT2D eigenvalue weighted by molar-refractivity contribution is 0.0730. The highest BCUT2D eigenvalue weighted by Crippen LogP contribution is 2.26. The van der Waals surface area contributed by atoms with Crippen LogP contribution in [0.25, 0.3) is 0 Å². The van der Waals surface area contributed by atoms with E-state index in [4.69, 9.17) is 25.8 Å². The lowest BCUT2D eigenvalue weighted by Gasteiger charge is -2.26. The summed E-state index contributed by atoms with van der Waals surface area (Å²) in [6.45, 7) is 1.41. The van der Waals surface area contributed by atoms with Gasteiger partial charge < -0.3 is 14.2 Å². The van der Waals surface area contributed by atoms with Gasteiger partial charge in [-0.2, -0.15) is 4.31 Å².